The fraction of sp³-hybridized carbons (Fsp3) is 0.600. The van der Waals surface area contributed by atoms with Crippen LogP contribution in [0, 0.1) is 0 Å². The van der Waals surface area contributed by atoms with Crippen molar-refractivity contribution in [3.8, 4) is 0 Å². The second kappa shape index (κ2) is 4.79. The van der Waals surface area contributed by atoms with E-state index < -0.39 is 0 Å². The van der Waals surface area contributed by atoms with Gasteiger partial charge in [0.2, 0.25) is 0 Å². The van der Waals surface area contributed by atoms with Crippen LogP contribution in [-0.2, 0) is 17.6 Å². The van der Waals surface area contributed by atoms with E-state index >= 15 is 0 Å². The largest absolute Gasteiger partial charge is 0.376 e. The quantitative estimate of drug-likeness (QED) is 0.849. The van der Waals surface area contributed by atoms with Gasteiger partial charge in [0.05, 0.1) is 12.1 Å². The van der Waals surface area contributed by atoms with Crippen LogP contribution in [0.1, 0.15) is 48.4 Å². The van der Waals surface area contributed by atoms with Gasteiger partial charge in [-0.05, 0) is 55.2 Å². The zero-order valence-electron chi connectivity index (χ0n) is 10.3. The standard InChI is InChI=1S/C15H21NO/c16-15(14-6-1-2-9-17-14)13-8-7-11-4-3-5-12(11)10-13/h7-8,10,14-15H,1-6,9,16H2. The Morgan fingerprint density at radius 2 is 2.00 bits per heavy atom. The molecule has 2 aliphatic rings. The normalized spacial score (nSPS) is 25.6. The average Bonchev–Trinajstić information content (AvgIpc) is 2.86. The fourth-order valence-electron chi connectivity index (χ4n) is 3.06. The Balaban J connectivity index is 1.78. The first kappa shape index (κ1) is 11.2. The predicted octanol–water partition coefficient (Wildman–Crippen LogP) is 2.74. The Kier molecular flexibility index (Phi) is 3.17. The van der Waals surface area contributed by atoms with Crippen molar-refractivity contribution >= 4 is 0 Å². The smallest absolute Gasteiger partial charge is 0.0767 e. The maximum atomic E-state index is 6.34. The van der Waals surface area contributed by atoms with Crippen molar-refractivity contribution in [1.29, 1.82) is 0 Å². The summed E-state index contributed by atoms with van der Waals surface area (Å²) in [6.45, 7) is 0.878. The van der Waals surface area contributed by atoms with Crippen LogP contribution in [-0.4, -0.2) is 12.7 Å². The highest BCUT2D eigenvalue weighted by Gasteiger charge is 2.23. The molecule has 1 heterocycles. The summed E-state index contributed by atoms with van der Waals surface area (Å²) in [6.07, 6.45) is 7.54. The van der Waals surface area contributed by atoms with E-state index in [2.05, 4.69) is 18.2 Å². The Labute approximate surface area is 103 Å². The van der Waals surface area contributed by atoms with Crippen molar-refractivity contribution in [2.75, 3.05) is 6.61 Å². The molecule has 0 bridgehead atoms. The summed E-state index contributed by atoms with van der Waals surface area (Å²) in [5.74, 6) is 0. The molecule has 0 radical (unpaired) electrons. The molecule has 2 N–H and O–H groups in total. The number of aryl methyl sites for hydroxylation is 2. The molecule has 0 spiro atoms. The van der Waals surface area contributed by atoms with Gasteiger partial charge in [-0.1, -0.05) is 18.2 Å². The maximum Gasteiger partial charge on any atom is 0.0767 e. The Bertz CT molecular complexity index is 396. The van der Waals surface area contributed by atoms with Crippen molar-refractivity contribution in [3.63, 3.8) is 0 Å². The van der Waals surface area contributed by atoms with Crippen molar-refractivity contribution in [2.24, 2.45) is 5.73 Å². The molecule has 2 heteroatoms. The maximum absolute atomic E-state index is 6.34. The van der Waals surface area contributed by atoms with Crippen LogP contribution < -0.4 is 5.73 Å². The van der Waals surface area contributed by atoms with Crippen LogP contribution >= 0.6 is 0 Å². The van der Waals surface area contributed by atoms with Gasteiger partial charge in [0, 0.05) is 6.61 Å². The van der Waals surface area contributed by atoms with E-state index in [9.17, 15) is 0 Å². The number of ether oxygens (including phenoxy) is 1. The predicted molar refractivity (Wildman–Crippen MR) is 69.0 cm³/mol. The summed E-state index contributed by atoms with van der Waals surface area (Å²) >= 11 is 0. The summed E-state index contributed by atoms with van der Waals surface area (Å²) in [6, 6.07) is 6.83. The first-order valence-corrected chi connectivity index (χ1v) is 6.83. The average molecular weight is 231 g/mol. The van der Waals surface area contributed by atoms with Crippen molar-refractivity contribution in [3.05, 3.63) is 34.9 Å². The van der Waals surface area contributed by atoms with E-state index in [4.69, 9.17) is 10.5 Å². The van der Waals surface area contributed by atoms with Crippen LogP contribution in [0.25, 0.3) is 0 Å². The molecule has 1 aromatic carbocycles. The van der Waals surface area contributed by atoms with E-state index in [0.29, 0.717) is 0 Å². The minimum Gasteiger partial charge on any atom is -0.376 e. The van der Waals surface area contributed by atoms with Gasteiger partial charge in [0.1, 0.15) is 0 Å². The number of fused-ring (bicyclic) bond motifs is 1. The van der Waals surface area contributed by atoms with E-state index in [0.717, 1.165) is 13.0 Å². The molecular weight excluding hydrogens is 210 g/mol. The molecule has 1 aliphatic carbocycles. The van der Waals surface area contributed by atoms with Crippen LogP contribution in [0.3, 0.4) is 0 Å². The van der Waals surface area contributed by atoms with Crippen LogP contribution in [0.4, 0.5) is 0 Å². The molecule has 2 atom stereocenters. The van der Waals surface area contributed by atoms with Gasteiger partial charge in [-0.2, -0.15) is 0 Å². The third kappa shape index (κ3) is 2.24. The molecule has 1 aromatic rings. The van der Waals surface area contributed by atoms with Gasteiger partial charge in [-0.3, -0.25) is 0 Å². The molecule has 2 nitrogen and oxygen atoms in total. The highest BCUT2D eigenvalue weighted by Crippen LogP contribution is 2.29. The highest BCUT2D eigenvalue weighted by atomic mass is 16.5. The monoisotopic (exact) mass is 231 g/mol. The van der Waals surface area contributed by atoms with Crippen molar-refractivity contribution in [2.45, 2.75) is 50.7 Å². The van der Waals surface area contributed by atoms with Gasteiger partial charge < -0.3 is 10.5 Å². The summed E-state index contributed by atoms with van der Waals surface area (Å²) in [7, 11) is 0. The Morgan fingerprint density at radius 3 is 2.82 bits per heavy atom. The van der Waals surface area contributed by atoms with Crippen LogP contribution in [0.15, 0.2) is 18.2 Å². The summed E-state index contributed by atoms with van der Waals surface area (Å²) < 4.78 is 5.79. The second-order valence-electron chi connectivity index (χ2n) is 5.31. The first-order chi connectivity index (χ1) is 8.34. The van der Waals surface area contributed by atoms with E-state index in [1.165, 1.54) is 48.8 Å². The molecule has 1 fully saturated rings. The van der Waals surface area contributed by atoms with Crippen molar-refractivity contribution < 1.29 is 4.74 Å². The molecule has 0 saturated carbocycles. The molecule has 3 rings (SSSR count). The molecule has 0 aromatic heterocycles. The number of benzene rings is 1. The third-order valence-electron chi connectivity index (χ3n) is 4.12. The first-order valence-electron chi connectivity index (χ1n) is 6.83. The number of hydrogen-bond donors (Lipinski definition) is 1. The lowest BCUT2D eigenvalue weighted by Gasteiger charge is -2.28. The Hall–Kier alpha value is -0.860. The minimum atomic E-state index is 0.0567. The molecule has 2 unspecified atom stereocenters. The van der Waals surface area contributed by atoms with E-state index in [-0.39, 0.29) is 12.1 Å². The molecule has 92 valence electrons. The minimum absolute atomic E-state index is 0.0567. The van der Waals surface area contributed by atoms with Gasteiger partial charge >= 0.3 is 0 Å². The SMILES string of the molecule is NC(c1ccc2c(c1)CCC2)C1CCCCO1. The molecule has 0 amide bonds. The lowest BCUT2D eigenvalue weighted by atomic mass is 9.94. The lowest BCUT2D eigenvalue weighted by molar-refractivity contribution is 0.00000330. The zero-order valence-corrected chi connectivity index (χ0v) is 10.3. The summed E-state index contributed by atoms with van der Waals surface area (Å²) in [4.78, 5) is 0. The number of nitrogens with two attached hydrogens (primary N) is 1. The zero-order chi connectivity index (χ0) is 11.7. The Morgan fingerprint density at radius 1 is 1.12 bits per heavy atom. The number of rotatable bonds is 2. The summed E-state index contributed by atoms with van der Waals surface area (Å²) in [5, 5.41) is 0. The van der Waals surface area contributed by atoms with Gasteiger partial charge in [-0.25, -0.2) is 0 Å². The van der Waals surface area contributed by atoms with Crippen LogP contribution in [0.2, 0.25) is 0 Å². The van der Waals surface area contributed by atoms with Crippen molar-refractivity contribution in [1.82, 2.24) is 0 Å². The number of hydrogen-bond acceptors (Lipinski definition) is 2. The van der Waals surface area contributed by atoms with E-state index in [1.807, 2.05) is 0 Å². The second-order valence-corrected chi connectivity index (χ2v) is 5.31. The lowest BCUT2D eigenvalue weighted by Crippen LogP contribution is -2.31. The third-order valence-corrected chi connectivity index (χ3v) is 4.12. The van der Waals surface area contributed by atoms with Gasteiger partial charge in [-0.15, -0.1) is 0 Å². The molecule has 17 heavy (non-hydrogen) atoms. The highest BCUT2D eigenvalue weighted by molar-refractivity contribution is 5.36. The van der Waals surface area contributed by atoms with Gasteiger partial charge in [0.15, 0.2) is 0 Å². The fourth-order valence-corrected chi connectivity index (χ4v) is 3.06. The molecular formula is C15H21NO. The van der Waals surface area contributed by atoms with Crippen LogP contribution in [0.5, 0.6) is 0 Å². The van der Waals surface area contributed by atoms with Gasteiger partial charge in [0.25, 0.3) is 0 Å². The molecule has 1 aliphatic heterocycles. The molecule has 1 saturated heterocycles. The summed E-state index contributed by atoms with van der Waals surface area (Å²) in [5.41, 5.74) is 10.6. The van der Waals surface area contributed by atoms with E-state index in [1.54, 1.807) is 0 Å². The topological polar surface area (TPSA) is 35.2 Å².